The average Bonchev–Trinajstić information content (AvgIpc) is 2.51. The zero-order valence-corrected chi connectivity index (χ0v) is 13.6. The predicted octanol–water partition coefficient (Wildman–Crippen LogP) is 3.62. The van der Waals surface area contributed by atoms with Crippen LogP contribution in [-0.4, -0.2) is 16.9 Å². The fourth-order valence-electron chi connectivity index (χ4n) is 2.04. The summed E-state index contributed by atoms with van der Waals surface area (Å²) in [4.78, 5) is 32.4. The maximum atomic E-state index is 11.1. The number of carbonyl (C=O) groups is 2. The second-order valence-corrected chi connectivity index (χ2v) is 5.11. The number of rotatable bonds is 5. The molecule has 0 aliphatic carbocycles. The number of benzene rings is 2. The fourth-order valence-corrected chi connectivity index (χ4v) is 2.04. The topological polar surface area (TPSA) is 95.7 Å². The number of hydrogen-bond acceptors (Lipinski definition) is 6. The molecule has 128 valence electrons. The maximum absolute atomic E-state index is 11.1. The van der Waals surface area contributed by atoms with E-state index in [4.69, 9.17) is 9.47 Å². The molecule has 2 rings (SSSR count). The van der Waals surface area contributed by atoms with Gasteiger partial charge in [0, 0.05) is 32.0 Å². The van der Waals surface area contributed by atoms with Gasteiger partial charge in [-0.05, 0) is 35.4 Å². The van der Waals surface area contributed by atoms with Gasteiger partial charge < -0.3 is 9.47 Å². The molecule has 7 nitrogen and oxygen atoms in total. The SMILES string of the molecule is CC(=O)Oc1cc(/C=C/c2ccc([N+](=O)[O-])cc2)cc(OC(C)=O)c1. The van der Waals surface area contributed by atoms with Crippen LogP contribution in [-0.2, 0) is 9.59 Å². The van der Waals surface area contributed by atoms with Gasteiger partial charge in [0.05, 0.1) is 4.92 Å². The lowest BCUT2D eigenvalue weighted by Gasteiger charge is -2.07. The maximum Gasteiger partial charge on any atom is 0.308 e. The zero-order chi connectivity index (χ0) is 18.4. The Morgan fingerprint density at radius 2 is 1.36 bits per heavy atom. The molecule has 7 heteroatoms. The molecule has 0 radical (unpaired) electrons. The van der Waals surface area contributed by atoms with E-state index in [2.05, 4.69) is 0 Å². The Balaban J connectivity index is 2.28. The summed E-state index contributed by atoms with van der Waals surface area (Å²) in [5.74, 6) is -0.500. The molecule has 0 aliphatic heterocycles. The minimum atomic E-state index is -0.495. The molecular formula is C18H15NO6. The Morgan fingerprint density at radius 1 is 0.880 bits per heavy atom. The van der Waals surface area contributed by atoms with E-state index in [1.165, 1.54) is 32.0 Å². The fraction of sp³-hybridized carbons (Fsp3) is 0.111. The van der Waals surface area contributed by atoms with Gasteiger partial charge in [-0.3, -0.25) is 19.7 Å². The molecule has 25 heavy (non-hydrogen) atoms. The van der Waals surface area contributed by atoms with Crippen LogP contribution in [0.15, 0.2) is 42.5 Å². The Labute approximate surface area is 143 Å². The Morgan fingerprint density at radius 3 is 1.80 bits per heavy atom. The average molecular weight is 341 g/mol. The monoisotopic (exact) mass is 341 g/mol. The molecule has 0 N–H and O–H groups in total. The van der Waals surface area contributed by atoms with Crippen LogP contribution in [0.25, 0.3) is 12.2 Å². The van der Waals surface area contributed by atoms with Crippen LogP contribution in [0.1, 0.15) is 25.0 Å². The van der Waals surface area contributed by atoms with E-state index in [1.54, 1.807) is 36.4 Å². The first-order valence-corrected chi connectivity index (χ1v) is 7.28. The third-order valence-corrected chi connectivity index (χ3v) is 3.00. The van der Waals surface area contributed by atoms with Crippen molar-refractivity contribution in [2.24, 2.45) is 0 Å². The van der Waals surface area contributed by atoms with Crippen molar-refractivity contribution in [2.45, 2.75) is 13.8 Å². The van der Waals surface area contributed by atoms with Gasteiger partial charge in [-0.15, -0.1) is 0 Å². The van der Waals surface area contributed by atoms with Gasteiger partial charge in [0.1, 0.15) is 11.5 Å². The van der Waals surface area contributed by atoms with E-state index >= 15 is 0 Å². The molecule has 0 aliphatic rings. The number of nitro benzene ring substituents is 1. The van der Waals surface area contributed by atoms with E-state index in [9.17, 15) is 19.7 Å². The predicted molar refractivity (Wildman–Crippen MR) is 91.1 cm³/mol. The van der Waals surface area contributed by atoms with E-state index < -0.39 is 16.9 Å². The van der Waals surface area contributed by atoms with Gasteiger partial charge in [0.2, 0.25) is 0 Å². The molecule has 0 fully saturated rings. The van der Waals surface area contributed by atoms with Crippen LogP contribution in [0.4, 0.5) is 5.69 Å². The minimum absolute atomic E-state index is 0.00569. The lowest BCUT2D eigenvalue weighted by atomic mass is 10.1. The van der Waals surface area contributed by atoms with Crippen LogP contribution < -0.4 is 9.47 Å². The van der Waals surface area contributed by atoms with Gasteiger partial charge in [-0.2, -0.15) is 0 Å². The van der Waals surface area contributed by atoms with Crippen molar-refractivity contribution in [1.29, 1.82) is 0 Å². The van der Waals surface area contributed by atoms with Crippen molar-refractivity contribution in [2.75, 3.05) is 0 Å². The van der Waals surface area contributed by atoms with Crippen LogP contribution in [0.3, 0.4) is 0 Å². The molecule has 0 saturated carbocycles. The molecule has 2 aromatic carbocycles. The van der Waals surface area contributed by atoms with Crippen molar-refractivity contribution in [1.82, 2.24) is 0 Å². The second-order valence-electron chi connectivity index (χ2n) is 5.11. The highest BCUT2D eigenvalue weighted by Crippen LogP contribution is 2.25. The molecule has 0 bridgehead atoms. The first-order valence-electron chi connectivity index (χ1n) is 7.28. The van der Waals surface area contributed by atoms with E-state index in [0.717, 1.165) is 5.56 Å². The molecule has 0 spiro atoms. The molecule has 0 saturated heterocycles. The lowest BCUT2D eigenvalue weighted by molar-refractivity contribution is -0.384. The number of ether oxygens (including phenoxy) is 2. The minimum Gasteiger partial charge on any atom is -0.427 e. The molecule has 2 aromatic rings. The number of nitrogens with zero attached hydrogens (tertiary/aromatic N) is 1. The number of non-ortho nitro benzene ring substituents is 1. The number of esters is 2. The summed E-state index contributed by atoms with van der Waals surface area (Å²) in [6.45, 7) is 2.54. The standard InChI is InChI=1S/C18H15NO6/c1-12(20)24-17-9-15(10-18(11-17)25-13(2)21)4-3-14-5-7-16(8-6-14)19(22)23/h3-11H,1-2H3/b4-3+. The largest absolute Gasteiger partial charge is 0.427 e. The van der Waals surface area contributed by atoms with Gasteiger partial charge in [-0.25, -0.2) is 0 Å². The Hall–Kier alpha value is -3.48. The zero-order valence-electron chi connectivity index (χ0n) is 13.6. The van der Waals surface area contributed by atoms with Crippen LogP contribution in [0.2, 0.25) is 0 Å². The molecular weight excluding hydrogens is 326 g/mol. The van der Waals surface area contributed by atoms with Gasteiger partial charge in [-0.1, -0.05) is 12.2 Å². The van der Waals surface area contributed by atoms with Gasteiger partial charge in [0.15, 0.2) is 0 Å². The number of hydrogen-bond donors (Lipinski definition) is 0. The highest BCUT2D eigenvalue weighted by Gasteiger charge is 2.06. The van der Waals surface area contributed by atoms with Gasteiger partial charge in [0.25, 0.3) is 5.69 Å². The normalized spacial score (nSPS) is 10.5. The number of nitro groups is 1. The van der Waals surface area contributed by atoms with Crippen molar-refractivity contribution < 1.29 is 24.0 Å². The number of carbonyl (C=O) groups excluding carboxylic acids is 2. The smallest absolute Gasteiger partial charge is 0.308 e. The third kappa shape index (κ3) is 5.58. The summed E-state index contributed by atoms with van der Waals surface area (Å²) in [6.07, 6.45) is 3.44. The first kappa shape index (κ1) is 17.9. The van der Waals surface area contributed by atoms with Crippen molar-refractivity contribution in [3.63, 3.8) is 0 Å². The van der Waals surface area contributed by atoms with Crippen LogP contribution in [0.5, 0.6) is 11.5 Å². The van der Waals surface area contributed by atoms with E-state index in [1.807, 2.05) is 0 Å². The highest BCUT2D eigenvalue weighted by atomic mass is 16.6. The van der Waals surface area contributed by atoms with Crippen LogP contribution in [0, 0.1) is 10.1 Å². The second kappa shape index (κ2) is 7.87. The van der Waals surface area contributed by atoms with E-state index in [-0.39, 0.29) is 17.2 Å². The summed E-state index contributed by atoms with van der Waals surface area (Å²) in [6, 6.07) is 10.7. The molecule has 0 aromatic heterocycles. The Bertz CT molecular complexity index is 805. The highest BCUT2D eigenvalue weighted by molar-refractivity contribution is 5.75. The van der Waals surface area contributed by atoms with Crippen molar-refractivity contribution in [3.8, 4) is 11.5 Å². The molecule has 0 heterocycles. The lowest BCUT2D eigenvalue weighted by Crippen LogP contribution is -2.04. The van der Waals surface area contributed by atoms with Gasteiger partial charge >= 0.3 is 11.9 Å². The quantitative estimate of drug-likeness (QED) is 0.271. The molecule has 0 atom stereocenters. The summed E-state index contributed by atoms with van der Waals surface area (Å²) in [5, 5.41) is 10.6. The summed E-state index contributed by atoms with van der Waals surface area (Å²) in [5.41, 5.74) is 1.39. The Kier molecular flexibility index (Phi) is 5.62. The van der Waals surface area contributed by atoms with E-state index in [0.29, 0.717) is 5.56 Å². The summed E-state index contributed by atoms with van der Waals surface area (Å²) in [7, 11) is 0. The molecule has 0 amide bonds. The third-order valence-electron chi connectivity index (χ3n) is 3.00. The molecule has 0 unspecified atom stereocenters. The first-order chi connectivity index (χ1) is 11.8. The van der Waals surface area contributed by atoms with Crippen LogP contribution >= 0.6 is 0 Å². The van der Waals surface area contributed by atoms with Crippen molar-refractivity contribution in [3.05, 3.63) is 63.7 Å². The summed E-state index contributed by atoms with van der Waals surface area (Å²) >= 11 is 0. The van der Waals surface area contributed by atoms with Crippen molar-refractivity contribution >= 4 is 29.8 Å². The summed E-state index contributed by atoms with van der Waals surface area (Å²) < 4.78 is 10.1.